The lowest BCUT2D eigenvalue weighted by molar-refractivity contribution is 0.255. The lowest BCUT2D eigenvalue weighted by Crippen LogP contribution is -2.39. The molecule has 0 aliphatic rings. The van der Waals surface area contributed by atoms with Crippen molar-refractivity contribution in [2.24, 2.45) is 0 Å². The van der Waals surface area contributed by atoms with Crippen LogP contribution in [0.15, 0.2) is 56.9 Å². The molecule has 3 aromatic carbocycles. The van der Waals surface area contributed by atoms with Crippen molar-refractivity contribution in [3.63, 3.8) is 0 Å². The van der Waals surface area contributed by atoms with E-state index in [1.807, 2.05) is 0 Å². The molecule has 0 saturated carbocycles. The van der Waals surface area contributed by atoms with E-state index in [4.69, 9.17) is 4.74 Å². The first-order valence-electron chi connectivity index (χ1n) is 9.11. The summed E-state index contributed by atoms with van der Waals surface area (Å²) in [6, 6.07) is 9.56. The number of hydrogen-bond donors (Lipinski definition) is 0. The zero-order valence-corrected chi connectivity index (χ0v) is 17.6. The lowest BCUT2D eigenvalue weighted by Gasteiger charge is -2.10. The first-order chi connectivity index (χ1) is 16.0. The van der Waals surface area contributed by atoms with Gasteiger partial charge in [-0.15, -0.1) is 0 Å². The second kappa shape index (κ2) is 8.09. The average Bonchev–Trinajstić information content (AvgIpc) is 2.90. The first-order valence-corrected chi connectivity index (χ1v) is 10.5. The Morgan fingerprint density at radius 1 is 0.706 bits per heavy atom. The Kier molecular flexibility index (Phi) is 5.52. The molecule has 0 amide bonds. The van der Waals surface area contributed by atoms with Crippen molar-refractivity contribution in [2.75, 3.05) is 7.11 Å². The molecule has 7 nitrogen and oxygen atoms in total. The van der Waals surface area contributed by atoms with E-state index in [0.29, 0.717) is 0 Å². The quantitative estimate of drug-likeness (QED) is 0.244. The summed E-state index contributed by atoms with van der Waals surface area (Å²) >= 11 is 0. The van der Waals surface area contributed by atoms with Gasteiger partial charge in [0.1, 0.15) is 5.75 Å². The lowest BCUT2D eigenvalue weighted by atomic mass is 10.1. The van der Waals surface area contributed by atoms with Gasteiger partial charge in [-0.25, -0.2) is 22.0 Å². The molecule has 0 atom stereocenters. The van der Waals surface area contributed by atoms with Crippen LogP contribution in [0.3, 0.4) is 0 Å². The molecular weight excluding hydrogens is 489 g/mol. The summed E-state index contributed by atoms with van der Waals surface area (Å²) in [4.78, 5) is 23.8. The van der Waals surface area contributed by atoms with Crippen molar-refractivity contribution in [1.29, 1.82) is 0 Å². The maximum atomic E-state index is 14.1. The summed E-state index contributed by atoms with van der Waals surface area (Å²) in [6.07, 6.45) is 0. The summed E-state index contributed by atoms with van der Waals surface area (Å²) in [7, 11) is -4.66. The Labute approximate surface area is 186 Å². The molecule has 0 saturated heterocycles. The summed E-state index contributed by atoms with van der Waals surface area (Å²) in [5.41, 5.74) is -2.77. The van der Waals surface area contributed by atoms with Crippen LogP contribution >= 0.6 is 0 Å². The zero-order valence-electron chi connectivity index (χ0n) is 16.7. The van der Waals surface area contributed by atoms with Gasteiger partial charge >= 0.3 is 10.1 Å². The van der Waals surface area contributed by atoms with Crippen molar-refractivity contribution in [3.8, 4) is 5.75 Å². The van der Waals surface area contributed by atoms with Crippen LogP contribution < -0.4 is 20.1 Å². The van der Waals surface area contributed by atoms with Gasteiger partial charge in [0.25, 0.3) is 11.1 Å². The van der Waals surface area contributed by atoms with Gasteiger partial charge in [-0.3, -0.25) is 13.9 Å². The van der Waals surface area contributed by atoms with Crippen LogP contribution in [0, 0.1) is 29.1 Å². The highest BCUT2D eigenvalue weighted by Crippen LogP contribution is 2.27. The Morgan fingerprint density at radius 2 is 1.21 bits per heavy atom. The number of halogens is 5. The molecule has 0 N–H and O–H groups in total. The minimum Gasteiger partial charge on any atom is -0.497 e. The van der Waals surface area contributed by atoms with Crippen molar-refractivity contribution < 1.29 is 39.4 Å². The van der Waals surface area contributed by atoms with E-state index in [2.05, 4.69) is 4.28 Å². The maximum Gasteiger partial charge on any atom is 0.363 e. The van der Waals surface area contributed by atoms with Crippen LogP contribution in [0.4, 0.5) is 22.0 Å². The number of methoxy groups -OCH3 is 1. The molecule has 1 aromatic heterocycles. The van der Waals surface area contributed by atoms with E-state index in [0.717, 1.165) is 6.07 Å². The molecule has 176 valence electrons. The van der Waals surface area contributed by atoms with Gasteiger partial charge in [-0.05, 0) is 35.0 Å². The number of aromatic nitrogens is 1. The van der Waals surface area contributed by atoms with E-state index in [1.165, 1.54) is 43.5 Å². The van der Waals surface area contributed by atoms with Gasteiger partial charge in [0, 0.05) is 0 Å². The fraction of sp³-hybridized carbons (Fsp3) is 0.0476. The summed E-state index contributed by atoms with van der Waals surface area (Å²) < 4.78 is 103. The molecule has 4 rings (SSSR count). The highest BCUT2D eigenvalue weighted by Gasteiger charge is 2.36. The van der Waals surface area contributed by atoms with Gasteiger partial charge in [-0.2, -0.15) is 8.42 Å². The van der Waals surface area contributed by atoms with Gasteiger partial charge < -0.3 is 4.74 Å². The Morgan fingerprint density at radius 3 is 1.79 bits per heavy atom. The second-order valence-corrected chi connectivity index (χ2v) is 8.26. The molecule has 34 heavy (non-hydrogen) atoms. The molecule has 0 aliphatic carbocycles. The Hall–Kier alpha value is -4.00. The third-order valence-electron chi connectivity index (χ3n) is 4.87. The molecule has 0 fully saturated rings. The number of benzene rings is 3. The molecule has 0 unspecified atom stereocenters. The summed E-state index contributed by atoms with van der Waals surface area (Å²) in [6.45, 7) is 0. The van der Waals surface area contributed by atoms with Crippen molar-refractivity contribution in [2.45, 2.75) is 4.90 Å². The highest BCUT2D eigenvalue weighted by molar-refractivity contribution is 7.87. The number of fused-ring (bicyclic) bond motifs is 3. The number of rotatable bonds is 4. The third kappa shape index (κ3) is 3.44. The number of hydrogen-bond acceptors (Lipinski definition) is 6. The van der Waals surface area contributed by atoms with Crippen LogP contribution in [0.25, 0.3) is 21.5 Å². The van der Waals surface area contributed by atoms with Crippen LogP contribution in [0.5, 0.6) is 5.75 Å². The monoisotopic (exact) mass is 499 g/mol. The summed E-state index contributed by atoms with van der Waals surface area (Å²) in [5.74, 6) is -13.1. The number of nitrogens with zero attached hydrogens (tertiary/aromatic N) is 1. The van der Waals surface area contributed by atoms with Crippen LogP contribution in [-0.2, 0) is 10.1 Å². The van der Waals surface area contributed by atoms with Crippen molar-refractivity contribution in [3.05, 3.63) is 92.3 Å². The smallest absolute Gasteiger partial charge is 0.363 e. The predicted molar refractivity (Wildman–Crippen MR) is 109 cm³/mol. The second-order valence-electron chi connectivity index (χ2n) is 6.79. The molecule has 0 bridgehead atoms. The average molecular weight is 499 g/mol. The van der Waals surface area contributed by atoms with Gasteiger partial charge in [-0.1, -0.05) is 22.9 Å². The highest BCUT2D eigenvalue weighted by atomic mass is 32.2. The van der Waals surface area contributed by atoms with E-state index >= 15 is 0 Å². The van der Waals surface area contributed by atoms with Crippen LogP contribution in [0.1, 0.15) is 0 Å². The molecular formula is C21H10F5NO6S. The van der Waals surface area contributed by atoms with E-state index < -0.39 is 55.2 Å². The van der Waals surface area contributed by atoms with E-state index in [-0.39, 0.29) is 32.0 Å². The number of ether oxygens (including phenoxy) is 1. The fourth-order valence-corrected chi connectivity index (χ4v) is 4.31. The minimum atomic E-state index is -5.93. The standard InChI is InChI=1S/C21H10F5NO6S/c1-32-9-6-7-11-10-4-2-3-5-12(10)20(28)27(21(29)13(11)8-9)33-34(30,31)19-17(25)15(23)14(22)16(24)18(19)26/h2-8H,1H3. The van der Waals surface area contributed by atoms with Crippen LogP contribution in [0.2, 0.25) is 0 Å². The zero-order chi connectivity index (χ0) is 24.9. The topological polar surface area (TPSA) is 91.7 Å². The fourth-order valence-electron chi connectivity index (χ4n) is 3.28. The predicted octanol–water partition coefficient (Wildman–Crippen LogP) is 3.04. The molecule has 0 aliphatic heterocycles. The van der Waals surface area contributed by atoms with Crippen molar-refractivity contribution in [1.82, 2.24) is 4.73 Å². The Balaban J connectivity index is 2.11. The van der Waals surface area contributed by atoms with E-state index in [1.54, 1.807) is 0 Å². The molecule has 1 heterocycles. The van der Waals surface area contributed by atoms with Crippen LogP contribution in [-0.4, -0.2) is 20.3 Å². The third-order valence-corrected chi connectivity index (χ3v) is 6.07. The van der Waals surface area contributed by atoms with E-state index in [9.17, 15) is 40.0 Å². The molecule has 4 aromatic rings. The van der Waals surface area contributed by atoms with Gasteiger partial charge in [0.15, 0.2) is 28.2 Å². The SMILES string of the molecule is COc1ccc2c(c1)c(=O)n(OS(=O)(=O)c1c(F)c(F)c(F)c(F)c1F)c(=O)c1ccccc12. The Bertz CT molecular complexity index is 1710. The molecule has 13 heteroatoms. The summed E-state index contributed by atoms with van der Waals surface area (Å²) in [5, 5.41) is -0.203. The maximum absolute atomic E-state index is 14.1. The van der Waals surface area contributed by atoms with Crippen molar-refractivity contribution >= 4 is 31.7 Å². The largest absolute Gasteiger partial charge is 0.497 e. The van der Waals surface area contributed by atoms with Gasteiger partial charge in [0.05, 0.1) is 17.9 Å². The minimum absolute atomic E-state index is 0.126. The normalized spacial score (nSPS) is 11.7. The molecule has 0 spiro atoms. The van der Waals surface area contributed by atoms with Gasteiger partial charge in [0.2, 0.25) is 5.82 Å². The molecule has 0 radical (unpaired) electrons. The first kappa shape index (κ1) is 23.2.